The van der Waals surface area contributed by atoms with Crippen molar-refractivity contribution in [2.75, 3.05) is 25.0 Å². The van der Waals surface area contributed by atoms with Crippen LogP contribution in [0.1, 0.15) is 22.9 Å². The van der Waals surface area contributed by atoms with Crippen molar-refractivity contribution in [1.29, 1.82) is 0 Å². The van der Waals surface area contributed by atoms with Gasteiger partial charge in [-0.2, -0.15) is 0 Å². The second-order valence-electron chi connectivity index (χ2n) is 7.80. The normalized spacial score (nSPS) is 16.4. The van der Waals surface area contributed by atoms with Gasteiger partial charge in [0.05, 0.1) is 18.2 Å². The van der Waals surface area contributed by atoms with Crippen molar-refractivity contribution in [2.45, 2.75) is 19.6 Å². The van der Waals surface area contributed by atoms with Gasteiger partial charge in [-0.1, -0.05) is 30.3 Å². The summed E-state index contributed by atoms with van der Waals surface area (Å²) in [7, 11) is 0. The number of nitrogens with zero attached hydrogens (tertiary/aromatic N) is 3. The van der Waals surface area contributed by atoms with Crippen molar-refractivity contribution in [3.8, 4) is 11.1 Å². The molecule has 3 heterocycles. The first-order valence-electron chi connectivity index (χ1n) is 10.6. The van der Waals surface area contributed by atoms with Gasteiger partial charge in [-0.15, -0.1) is 0 Å². The van der Waals surface area contributed by atoms with E-state index in [4.69, 9.17) is 4.74 Å². The van der Waals surface area contributed by atoms with Gasteiger partial charge < -0.3 is 15.4 Å². The summed E-state index contributed by atoms with van der Waals surface area (Å²) in [5.41, 5.74) is 6.65. The third kappa shape index (κ3) is 4.40. The maximum atomic E-state index is 5.87. The number of pyridine rings is 1. The smallest absolute Gasteiger partial charge is 0.137 e. The molecule has 1 unspecified atom stereocenters. The predicted octanol–water partition coefficient (Wildman–Crippen LogP) is 4.27. The molecule has 2 aromatic heterocycles. The lowest BCUT2D eigenvalue weighted by molar-refractivity contribution is 0.0278. The number of anilines is 1. The first kappa shape index (κ1) is 19.6. The van der Waals surface area contributed by atoms with Crippen LogP contribution in [-0.4, -0.2) is 34.6 Å². The molecule has 0 bridgehead atoms. The molecule has 0 spiro atoms. The van der Waals surface area contributed by atoms with E-state index >= 15 is 0 Å². The van der Waals surface area contributed by atoms with Crippen molar-refractivity contribution < 1.29 is 4.74 Å². The van der Waals surface area contributed by atoms with E-state index in [1.54, 1.807) is 6.33 Å². The van der Waals surface area contributed by atoms with E-state index < -0.39 is 0 Å². The zero-order valence-electron chi connectivity index (χ0n) is 17.5. The van der Waals surface area contributed by atoms with E-state index in [2.05, 4.69) is 74.1 Å². The van der Waals surface area contributed by atoms with Crippen LogP contribution in [-0.2, 0) is 11.3 Å². The first-order chi connectivity index (χ1) is 15.3. The number of rotatable bonds is 5. The van der Waals surface area contributed by atoms with Crippen LogP contribution in [0.15, 0.2) is 67.1 Å². The van der Waals surface area contributed by atoms with Crippen molar-refractivity contribution in [3.63, 3.8) is 0 Å². The van der Waals surface area contributed by atoms with Crippen molar-refractivity contribution in [3.05, 3.63) is 83.9 Å². The number of hydrogen-bond acceptors (Lipinski definition) is 6. The van der Waals surface area contributed by atoms with Crippen molar-refractivity contribution in [1.82, 2.24) is 20.3 Å². The van der Waals surface area contributed by atoms with E-state index in [0.717, 1.165) is 47.7 Å². The number of ether oxygens (including phenoxy) is 1. The number of aryl methyl sites for hydroxylation is 1. The van der Waals surface area contributed by atoms with Gasteiger partial charge in [0.15, 0.2) is 0 Å². The number of benzene rings is 2. The van der Waals surface area contributed by atoms with Crippen LogP contribution in [0.4, 0.5) is 5.82 Å². The van der Waals surface area contributed by atoms with Crippen LogP contribution >= 0.6 is 0 Å². The highest BCUT2D eigenvalue weighted by Crippen LogP contribution is 2.26. The summed E-state index contributed by atoms with van der Waals surface area (Å²) in [5.74, 6) is 0.841. The lowest BCUT2D eigenvalue weighted by Crippen LogP contribution is -2.33. The third-order valence-electron chi connectivity index (χ3n) is 5.60. The van der Waals surface area contributed by atoms with Gasteiger partial charge >= 0.3 is 0 Å². The number of fused-ring (bicyclic) bond motifs is 1. The third-order valence-corrected chi connectivity index (χ3v) is 5.60. The van der Waals surface area contributed by atoms with Crippen molar-refractivity contribution >= 4 is 16.7 Å². The van der Waals surface area contributed by atoms with Crippen molar-refractivity contribution in [2.24, 2.45) is 0 Å². The second kappa shape index (κ2) is 8.79. The minimum Gasteiger partial charge on any atom is -0.371 e. The maximum absolute atomic E-state index is 5.87. The Balaban J connectivity index is 1.31. The molecule has 1 fully saturated rings. The van der Waals surface area contributed by atoms with Crippen LogP contribution < -0.4 is 10.6 Å². The van der Waals surface area contributed by atoms with Gasteiger partial charge in [-0.3, -0.25) is 4.98 Å². The monoisotopic (exact) mass is 411 g/mol. The molecule has 0 amide bonds. The molecule has 6 nitrogen and oxygen atoms in total. The molecule has 4 aromatic rings. The van der Waals surface area contributed by atoms with E-state index in [0.29, 0.717) is 6.54 Å². The SMILES string of the molecule is Cc1cc(-c2ccc(CNc3ncnc4cc(C5CNCCO5)ccc34)cc2)ccn1. The zero-order valence-corrected chi connectivity index (χ0v) is 17.5. The molecular formula is C25H25N5O. The second-order valence-corrected chi connectivity index (χ2v) is 7.80. The fourth-order valence-corrected chi connectivity index (χ4v) is 3.92. The average molecular weight is 412 g/mol. The van der Waals surface area contributed by atoms with Gasteiger partial charge in [0.1, 0.15) is 12.1 Å². The number of morpholine rings is 1. The summed E-state index contributed by atoms with van der Waals surface area (Å²) in [4.78, 5) is 13.2. The van der Waals surface area contributed by atoms with Gasteiger partial charge in [0.2, 0.25) is 0 Å². The lowest BCUT2D eigenvalue weighted by atomic mass is 10.0. The van der Waals surface area contributed by atoms with Gasteiger partial charge in [0.25, 0.3) is 0 Å². The fraction of sp³-hybridized carbons (Fsp3) is 0.240. The van der Waals surface area contributed by atoms with Crippen LogP contribution in [0.3, 0.4) is 0 Å². The van der Waals surface area contributed by atoms with Crippen LogP contribution in [0.5, 0.6) is 0 Å². The molecular weight excluding hydrogens is 386 g/mol. The summed E-state index contributed by atoms with van der Waals surface area (Å²) < 4.78 is 5.87. The molecule has 0 aliphatic carbocycles. The Labute approximate surface area is 181 Å². The number of hydrogen-bond donors (Lipinski definition) is 2. The van der Waals surface area contributed by atoms with Gasteiger partial charge in [0, 0.05) is 36.9 Å². The Morgan fingerprint density at radius 3 is 2.71 bits per heavy atom. The standard InChI is InChI=1S/C25H25N5O/c1-17-12-20(8-9-27-17)19-4-2-18(3-5-19)14-28-25-22-7-6-21(13-23(22)29-16-30-25)24-15-26-10-11-31-24/h2-9,12-13,16,24,26H,10-11,14-15H2,1H3,(H,28,29,30). The van der Waals surface area contributed by atoms with Gasteiger partial charge in [-0.25, -0.2) is 9.97 Å². The molecule has 1 aliphatic rings. The predicted molar refractivity (Wildman–Crippen MR) is 123 cm³/mol. The summed E-state index contributed by atoms with van der Waals surface area (Å²) >= 11 is 0. The maximum Gasteiger partial charge on any atom is 0.137 e. The molecule has 1 atom stereocenters. The summed E-state index contributed by atoms with van der Waals surface area (Å²) in [6.07, 6.45) is 3.54. The van der Waals surface area contributed by atoms with E-state index in [-0.39, 0.29) is 6.10 Å². The molecule has 0 radical (unpaired) electrons. The quantitative estimate of drug-likeness (QED) is 0.511. The topological polar surface area (TPSA) is 72.0 Å². The molecule has 2 aromatic carbocycles. The molecule has 1 saturated heterocycles. The Morgan fingerprint density at radius 2 is 1.90 bits per heavy atom. The minimum absolute atomic E-state index is 0.0761. The van der Waals surface area contributed by atoms with E-state index in [9.17, 15) is 0 Å². The Hall–Kier alpha value is -3.35. The highest BCUT2D eigenvalue weighted by Gasteiger charge is 2.16. The molecule has 156 valence electrons. The number of aromatic nitrogens is 3. The minimum atomic E-state index is 0.0761. The largest absolute Gasteiger partial charge is 0.371 e. The number of nitrogens with one attached hydrogen (secondary N) is 2. The van der Waals surface area contributed by atoms with Crippen LogP contribution in [0, 0.1) is 6.92 Å². The fourth-order valence-electron chi connectivity index (χ4n) is 3.92. The van der Waals surface area contributed by atoms with E-state index in [1.165, 1.54) is 16.7 Å². The Morgan fingerprint density at radius 1 is 1.00 bits per heavy atom. The summed E-state index contributed by atoms with van der Waals surface area (Å²) in [6, 6.07) is 19.0. The average Bonchev–Trinajstić information content (AvgIpc) is 2.83. The molecule has 5 rings (SSSR count). The molecule has 31 heavy (non-hydrogen) atoms. The highest BCUT2D eigenvalue weighted by atomic mass is 16.5. The highest BCUT2D eigenvalue weighted by molar-refractivity contribution is 5.89. The molecule has 0 saturated carbocycles. The Bertz CT molecular complexity index is 1190. The van der Waals surface area contributed by atoms with Crippen LogP contribution in [0.25, 0.3) is 22.0 Å². The van der Waals surface area contributed by atoms with Crippen LogP contribution in [0.2, 0.25) is 0 Å². The lowest BCUT2D eigenvalue weighted by Gasteiger charge is -2.24. The Kier molecular flexibility index (Phi) is 5.56. The molecule has 1 aliphatic heterocycles. The zero-order chi connectivity index (χ0) is 21.0. The summed E-state index contributed by atoms with van der Waals surface area (Å²) in [5, 5.41) is 7.85. The molecule has 6 heteroatoms. The first-order valence-corrected chi connectivity index (χ1v) is 10.6. The van der Waals surface area contributed by atoms with Gasteiger partial charge in [-0.05, 0) is 53.4 Å². The molecule has 2 N–H and O–H groups in total. The summed E-state index contributed by atoms with van der Waals surface area (Å²) in [6.45, 7) is 5.17. The van der Waals surface area contributed by atoms with E-state index in [1.807, 2.05) is 19.2 Å².